The lowest BCUT2D eigenvalue weighted by Gasteiger charge is -2.34. The third-order valence-electron chi connectivity index (χ3n) is 7.66. The van der Waals surface area contributed by atoms with E-state index >= 15 is 0 Å². The van der Waals surface area contributed by atoms with Gasteiger partial charge in [0, 0.05) is 31.6 Å². The van der Waals surface area contributed by atoms with Crippen molar-refractivity contribution in [2.45, 2.75) is 72.3 Å². The molecule has 1 fully saturated rings. The van der Waals surface area contributed by atoms with Gasteiger partial charge in [0.05, 0.1) is 19.6 Å². The number of benzene rings is 1. The molecule has 9 heteroatoms. The minimum atomic E-state index is -0.865. The lowest BCUT2D eigenvalue weighted by molar-refractivity contribution is -0.144. The van der Waals surface area contributed by atoms with E-state index in [1.54, 1.807) is 7.11 Å². The van der Waals surface area contributed by atoms with Crippen molar-refractivity contribution in [3.05, 3.63) is 29.3 Å². The number of carboxylic acid groups (broad SMARTS) is 1. The van der Waals surface area contributed by atoms with Gasteiger partial charge in [-0.1, -0.05) is 38.8 Å². The van der Waals surface area contributed by atoms with Crippen LogP contribution in [-0.4, -0.2) is 79.5 Å². The SMILES string of the molecule is CCCCN(CCCN)C(=O)CN1C[C@H](c2cc(OC)c3c(c2)OCO3)C(C(=O)O)[C@@H]1CC(C)(C)C=C(C)C. The summed E-state index contributed by atoms with van der Waals surface area (Å²) < 4.78 is 16.8. The molecule has 1 amide bonds. The monoisotopic (exact) mass is 545 g/mol. The molecule has 218 valence electrons. The van der Waals surface area contributed by atoms with Crippen molar-refractivity contribution >= 4 is 11.9 Å². The molecular formula is C30H47N3O6. The average molecular weight is 546 g/mol. The number of methoxy groups -OCH3 is 1. The molecule has 0 radical (unpaired) electrons. The van der Waals surface area contributed by atoms with Crippen molar-refractivity contribution in [3.8, 4) is 17.2 Å². The third kappa shape index (κ3) is 7.66. The van der Waals surface area contributed by atoms with Gasteiger partial charge < -0.3 is 30.0 Å². The summed E-state index contributed by atoms with van der Waals surface area (Å²) in [5, 5.41) is 10.6. The molecule has 3 rings (SSSR count). The van der Waals surface area contributed by atoms with E-state index in [-0.39, 0.29) is 36.6 Å². The summed E-state index contributed by atoms with van der Waals surface area (Å²) in [6, 6.07) is 3.39. The Morgan fingerprint density at radius 3 is 2.56 bits per heavy atom. The lowest BCUT2D eigenvalue weighted by Crippen LogP contribution is -2.46. The number of aliphatic carboxylic acids is 1. The summed E-state index contributed by atoms with van der Waals surface area (Å²) >= 11 is 0. The van der Waals surface area contributed by atoms with Crippen molar-refractivity contribution in [1.82, 2.24) is 9.80 Å². The van der Waals surface area contributed by atoms with Crippen LogP contribution in [0.4, 0.5) is 0 Å². The van der Waals surface area contributed by atoms with Crippen LogP contribution in [0.15, 0.2) is 23.8 Å². The van der Waals surface area contributed by atoms with Crippen LogP contribution in [0.25, 0.3) is 0 Å². The second kappa shape index (κ2) is 13.5. The predicted molar refractivity (Wildman–Crippen MR) is 151 cm³/mol. The van der Waals surface area contributed by atoms with Crippen LogP contribution in [0.5, 0.6) is 17.2 Å². The maximum atomic E-state index is 13.6. The number of nitrogens with zero attached hydrogens (tertiary/aromatic N) is 2. The van der Waals surface area contributed by atoms with Crippen molar-refractivity contribution < 1.29 is 28.9 Å². The largest absolute Gasteiger partial charge is 0.493 e. The Hall–Kier alpha value is -2.78. The minimum Gasteiger partial charge on any atom is -0.493 e. The second-order valence-electron chi connectivity index (χ2n) is 11.7. The second-order valence-corrected chi connectivity index (χ2v) is 11.7. The van der Waals surface area contributed by atoms with Gasteiger partial charge in [0.25, 0.3) is 0 Å². The summed E-state index contributed by atoms with van der Waals surface area (Å²) in [7, 11) is 1.56. The molecule has 0 spiro atoms. The van der Waals surface area contributed by atoms with Gasteiger partial charge in [-0.05, 0) is 62.8 Å². The van der Waals surface area contributed by atoms with E-state index in [1.165, 1.54) is 5.57 Å². The Bertz CT molecular complexity index is 1030. The average Bonchev–Trinajstić information content (AvgIpc) is 3.47. The number of carboxylic acids is 1. The summed E-state index contributed by atoms with van der Waals surface area (Å²) in [6.07, 6.45) is 5.45. The van der Waals surface area contributed by atoms with Crippen LogP contribution >= 0.6 is 0 Å². The lowest BCUT2D eigenvalue weighted by atomic mass is 9.77. The fourth-order valence-electron chi connectivity index (χ4n) is 6.09. The zero-order valence-corrected chi connectivity index (χ0v) is 24.5. The number of rotatable bonds is 14. The minimum absolute atomic E-state index is 0.0231. The topological polar surface area (TPSA) is 115 Å². The van der Waals surface area contributed by atoms with Crippen LogP contribution in [0.2, 0.25) is 0 Å². The van der Waals surface area contributed by atoms with Gasteiger partial charge in [0.1, 0.15) is 0 Å². The fraction of sp³-hybridized carbons (Fsp3) is 0.667. The molecule has 2 aliphatic rings. The predicted octanol–water partition coefficient (Wildman–Crippen LogP) is 4.25. The number of likely N-dealkylation sites (tertiary alicyclic amines) is 1. The van der Waals surface area contributed by atoms with Crippen LogP contribution < -0.4 is 19.9 Å². The van der Waals surface area contributed by atoms with E-state index < -0.39 is 11.9 Å². The Labute approximate surface area is 233 Å². The number of carbonyl (C=O) groups excluding carboxylic acids is 1. The molecule has 3 N–H and O–H groups in total. The van der Waals surface area contributed by atoms with E-state index in [9.17, 15) is 14.7 Å². The summed E-state index contributed by atoms with van der Waals surface area (Å²) in [5.41, 5.74) is 7.49. The summed E-state index contributed by atoms with van der Waals surface area (Å²) in [6.45, 7) is 13.0. The number of amides is 1. The standard InChI is InChI=1S/C30H47N3O6/c1-7-8-11-32(12-9-10-31)26(34)18-33-17-22(21-13-24(37-6)28-25(14-21)38-19-39-28)27(29(35)36)23(33)16-30(4,5)15-20(2)3/h13-15,22-23,27H,7-12,16-19,31H2,1-6H3,(H,35,36)/t22-,23+,27?/m1/s1. The molecule has 1 unspecified atom stereocenters. The molecule has 2 aliphatic heterocycles. The highest BCUT2D eigenvalue weighted by Crippen LogP contribution is 2.48. The van der Waals surface area contributed by atoms with E-state index in [0.717, 1.165) is 24.8 Å². The van der Waals surface area contributed by atoms with E-state index in [0.29, 0.717) is 49.8 Å². The summed E-state index contributed by atoms with van der Waals surface area (Å²) in [5.74, 6) is -0.291. The molecule has 1 aromatic rings. The zero-order valence-electron chi connectivity index (χ0n) is 24.5. The number of nitrogens with two attached hydrogens (primary N) is 1. The molecule has 1 aromatic carbocycles. The highest BCUT2D eigenvalue weighted by atomic mass is 16.7. The molecule has 3 atom stereocenters. The highest BCUT2D eigenvalue weighted by molar-refractivity contribution is 5.79. The van der Waals surface area contributed by atoms with Crippen molar-refractivity contribution in [2.24, 2.45) is 17.1 Å². The smallest absolute Gasteiger partial charge is 0.308 e. The highest BCUT2D eigenvalue weighted by Gasteiger charge is 2.49. The number of allylic oxidation sites excluding steroid dienone is 2. The van der Waals surface area contributed by atoms with Crippen LogP contribution in [-0.2, 0) is 9.59 Å². The first kappa shape index (κ1) is 30.8. The zero-order chi connectivity index (χ0) is 28.7. The number of ether oxygens (including phenoxy) is 3. The van der Waals surface area contributed by atoms with Crippen molar-refractivity contribution in [1.29, 1.82) is 0 Å². The van der Waals surface area contributed by atoms with Gasteiger partial charge in [-0.25, -0.2) is 0 Å². The Kier molecular flexibility index (Phi) is 10.7. The van der Waals surface area contributed by atoms with Gasteiger partial charge in [-0.2, -0.15) is 0 Å². The molecule has 0 aromatic heterocycles. The maximum Gasteiger partial charge on any atom is 0.308 e. The van der Waals surface area contributed by atoms with Crippen molar-refractivity contribution in [2.75, 3.05) is 46.6 Å². The van der Waals surface area contributed by atoms with Crippen LogP contribution in [0.3, 0.4) is 0 Å². The fourth-order valence-corrected chi connectivity index (χ4v) is 6.09. The normalized spacial score (nSPS) is 20.6. The van der Waals surface area contributed by atoms with Gasteiger partial charge >= 0.3 is 5.97 Å². The Balaban J connectivity index is 1.99. The quantitative estimate of drug-likeness (QED) is 0.334. The van der Waals surface area contributed by atoms with Gasteiger partial charge in [-0.15, -0.1) is 0 Å². The van der Waals surface area contributed by atoms with Gasteiger partial charge in [0.2, 0.25) is 18.4 Å². The van der Waals surface area contributed by atoms with Gasteiger partial charge in [-0.3, -0.25) is 14.5 Å². The molecular weight excluding hydrogens is 498 g/mol. The number of carbonyl (C=O) groups is 2. The first-order valence-corrected chi connectivity index (χ1v) is 14.1. The molecule has 0 aliphatic carbocycles. The number of hydrogen-bond acceptors (Lipinski definition) is 7. The number of fused-ring (bicyclic) bond motifs is 1. The number of hydrogen-bond donors (Lipinski definition) is 2. The van der Waals surface area contributed by atoms with Crippen molar-refractivity contribution in [3.63, 3.8) is 0 Å². The number of unbranched alkanes of at least 4 members (excludes halogenated alkanes) is 1. The first-order chi connectivity index (χ1) is 18.5. The first-order valence-electron chi connectivity index (χ1n) is 14.1. The molecule has 9 nitrogen and oxygen atoms in total. The third-order valence-corrected chi connectivity index (χ3v) is 7.66. The molecule has 2 heterocycles. The maximum absolute atomic E-state index is 13.6. The van der Waals surface area contributed by atoms with Crippen LogP contribution in [0.1, 0.15) is 71.8 Å². The van der Waals surface area contributed by atoms with E-state index in [2.05, 4.69) is 45.6 Å². The molecule has 0 bridgehead atoms. The molecule has 0 saturated carbocycles. The van der Waals surface area contributed by atoms with Gasteiger partial charge in [0.15, 0.2) is 11.5 Å². The van der Waals surface area contributed by atoms with E-state index in [4.69, 9.17) is 19.9 Å². The van der Waals surface area contributed by atoms with E-state index in [1.807, 2.05) is 17.0 Å². The molecule has 39 heavy (non-hydrogen) atoms. The van der Waals surface area contributed by atoms with Crippen LogP contribution in [0, 0.1) is 11.3 Å². The summed E-state index contributed by atoms with van der Waals surface area (Å²) in [4.78, 5) is 30.5. The Morgan fingerprint density at radius 2 is 1.95 bits per heavy atom. The Morgan fingerprint density at radius 1 is 1.23 bits per heavy atom. The molecule has 1 saturated heterocycles.